The monoisotopic (exact) mass is 646 g/mol. The topological polar surface area (TPSA) is 108 Å². The molecule has 3 N–H and O–H groups in total. The summed E-state index contributed by atoms with van der Waals surface area (Å²) in [5.74, 6) is 0.0315. The summed E-state index contributed by atoms with van der Waals surface area (Å²) in [5, 5.41) is 3.02. The van der Waals surface area contributed by atoms with Crippen LogP contribution in [0.3, 0.4) is 0 Å². The standard InChI is InChI=1S/C34H50N2O6S2/c1-8-11-18-34(19-12-9-2)23-36(26-15-13-25(14-16-26)32(38)35-33(4,5)6)27-21-29(43-7)28(22-30(27)44(39,40)24-34)42-20-17-31(37)41-10-3/h13-17,20-22,39-40H,8-12,18-19,23-24H2,1-7H3,(H,35,38)/b20-17+. The Morgan fingerprint density at radius 1 is 1.07 bits per heavy atom. The molecule has 1 amide bonds. The van der Waals surface area contributed by atoms with E-state index in [1.54, 1.807) is 13.0 Å². The fourth-order valence-corrected chi connectivity index (χ4v) is 8.27. The minimum Gasteiger partial charge on any atom is -0.463 e. The van der Waals surface area contributed by atoms with Crippen LogP contribution in [-0.4, -0.2) is 51.7 Å². The molecule has 0 saturated heterocycles. The molecule has 0 aliphatic carbocycles. The number of hydrogen-bond donors (Lipinski definition) is 3. The second-order valence-corrected chi connectivity index (χ2v) is 15.4. The van der Waals surface area contributed by atoms with Gasteiger partial charge in [-0.05, 0) is 77.1 Å². The molecule has 10 heteroatoms. The first-order valence-corrected chi connectivity index (χ1v) is 18.4. The lowest BCUT2D eigenvalue weighted by Gasteiger charge is -2.42. The fourth-order valence-electron chi connectivity index (χ4n) is 5.55. The highest BCUT2D eigenvalue weighted by atomic mass is 32.3. The van der Waals surface area contributed by atoms with Crippen LogP contribution in [0.15, 0.2) is 58.5 Å². The summed E-state index contributed by atoms with van der Waals surface area (Å²) in [4.78, 5) is 28.1. The second-order valence-electron chi connectivity index (χ2n) is 12.5. The van der Waals surface area contributed by atoms with Gasteiger partial charge in [-0.3, -0.25) is 13.9 Å². The van der Waals surface area contributed by atoms with Crippen molar-refractivity contribution in [3.05, 3.63) is 54.3 Å². The van der Waals surface area contributed by atoms with Gasteiger partial charge in [0, 0.05) is 40.6 Å². The zero-order valence-corrected chi connectivity index (χ0v) is 28.9. The Morgan fingerprint density at radius 3 is 2.25 bits per heavy atom. The molecule has 0 radical (unpaired) electrons. The Balaban J connectivity index is 2.17. The largest absolute Gasteiger partial charge is 0.463 e. The number of amides is 1. The quantitative estimate of drug-likeness (QED) is 0.0856. The smallest absolute Gasteiger partial charge is 0.333 e. The van der Waals surface area contributed by atoms with Gasteiger partial charge in [-0.2, -0.15) is 10.6 Å². The summed E-state index contributed by atoms with van der Waals surface area (Å²) >= 11 is 1.47. The number of anilines is 2. The van der Waals surface area contributed by atoms with Crippen LogP contribution in [0.5, 0.6) is 5.75 Å². The van der Waals surface area contributed by atoms with Crippen LogP contribution in [0.4, 0.5) is 11.4 Å². The Morgan fingerprint density at radius 2 is 1.70 bits per heavy atom. The molecule has 0 spiro atoms. The Hall–Kier alpha value is -2.66. The number of nitrogens with one attached hydrogen (secondary N) is 1. The van der Waals surface area contributed by atoms with Gasteiger partial charge in [0.25, 0.3) is 5.91 Å². The van der Waals surface area contributed by atoms with E-state index < -0.39 is 16.6 Å². The molecule has 0 bridgehead atoms. The maximum atomic E-state index is 12.9. The van der Waals surface area contributed by atoms with E-state index in [0.717, 1.165) is 49.1 Å². The molecule has 8 nitrogen and oxygen atoms in total. The first kappa shape index (κ1) is 35.8. The molecule has 1 heterocycles. The summed E-state index contributed by atoms with van der Waals surface area (Å²) in [6.45, 7) is 12.8. The van der Waals surface area contributed by atoms with Gasteiger partial charge >= 0.3 is 5.97 Å². The van der Waals surface area contributed by atoms with Gasteiger partial charge in [0.2, 0.25) is 0 Å². The maximum absolute atomic E-state index is 12.9. The number of rotatable bonds is 13. The van der Waals surface area contributed by atoms with Gasteiger partial charge in [-0.25, -0.2) is 4.79 Å². The SMILES string of the molecule is CCCCC1(CCCC)CN(c2ccc(C(=O)NC(C)(C)C)cc2)c2cc(SC)c(O/C=C/C(=O)OCC)cc2S(O)(O)C1. The highest BCUT2D eigenvalue weighted by molar-refractivity contribution is 8.24. The lowest BCUT2D eigenvalue weighted by molar-refractivity contribution is -0.137. The summed E-state index contributed by atoms with van der Waals surface area (Å²) in [7, 11) is -3.24. The molecular formula is C34H50N2O6S2. The van der Waals surface area contributed by atoms with Crippen LogP contribution in [0.2, 0.25) is 0 Å². The molecule has 0 atom stereocenters. The predicted octanol–water partition coefficient (Wildman–Crippen LogP) is 9.02. The van der Waals surface area contributed by atoms with E-state index in [2.05, 4.69) is 24.1 Å². The van der Waals surface area contributed by atoms with Gasteiger partial charge < -0.3 is 19.7 Å². The number of esters is 1. The normalized spacial score (nSPS) is 16.6. The number of benzene rings is 2. The van der Waals surface area contributed by atoms with Crippen LogP contribution in [0.1, 0.15) is 90.4 Å². The molecule has 1 aliphatic rings. The zero-order valence-electron chi connectivity index (χ0n) is 27.3. The molecule has 3 rings (SSSR count). The number of carbonyl (C=O) groups is 2. The Labute approximate surface area is 269 Å². The fraction of sp³-hybridized carbons (Fsp3) is 0.529. The predicted molar refractivity (Wildman–Crippen MR) is 183 cm³/mol. The molecule has 244 valence electrons. The van der Waals surface area contributed by atoms with E-state index >= 15 is 0 Å². The van der Waals surface area contributed by atoms with Gasteiger partial charge in [-0.15, -0.1) is 11.8 Å². The van der Waals surface area contributed by atoms with Crippen LogP contribution >= 0.6 is 22.4 Å². The van der Waals surface area contributed by atoms with Gasteiger partial charge in [-0.1, -0.05) is 39.5 Å². The van der Waals surface area contributed by atoms with Crippen molar-refractivity contribution in [2.75, 3.05) is 30.1 Å². The second kappa shape index (κ2) is 15.6. The summed E-state index contributed by atoms with van der Waals surface area (Å²) in [6.07, 6.45) is 10.1. The van der Waals surface area contributed by atoms with Gasteiger partial charge in [0.05, 0.1) is 34.4 Å². The minimum absolute atomic E-state index is 0.142. The number of carbonyl (C=O) groups excluding carboxylic acids is 2. The molecule has 2 aromatic carbocycles. The van der Waals surface area contributed by atoms with E-state index in [4.69, 9.17) is 9.47 Å². The average molecular weight is 647 g/mol. The van der Waals surface area contributed by atoms with Gasteiger partial charge in [0.15, 0.2) is 0 Å². The van der Waals surface area contributed by atoms with Crippen molar-refractivity contribution in [3.63, 3.8) is 0 Å². The molecular weight excluding hydrogens is 597 g/mol. The summed E-state index contributed by atoms with van der Waals surface area (Å²) in [6, 6.07) is 11.2. The van der Waals surface area contributed by atoms with Crippen molar-refractivity contribution in [3.8, 4) is 5.75 Å². The Bertz CT molecular complexity index is 1300. The Kier molecular flexibility index (Phi) is 12.7. The minimum atomic E-state index is -3.24. The first-order chi connectivity index (χ1) is 20.8. The number of ether oxygens (including phenoxy) is 2. The number of nitrogens with zero attached hydrogens (tertiary/aromatic N) is 1. The van der Waals surface area contributed by atoms with E-state index in [1.165, 1.54) is 24.1 Å². The van der Waals surface area contributed by atoms with E-state index in [1.807, 2.05) is 57.4 Å². The number of thioether (sulfide) groups is 1. The van der Waals surface area contributed by atoms with Crippen LogP contribution < -0.4 is 15.0 Å². The van der Waals surface area contributed by atoms with Crippen molar-refractivity contribution < 1.29 is 28.2 Å². The lowest BCUT2D eigenvalue weighted by Crippen LogP contribution is -2.40. The summed E-state index contributed by atoms with van der Waals surface area (Å²) in [5.41, 5.74) is 1.45. The number of hydrogen-bond acceptors (Lipinski definition) is 8. The molecule has 44 heavy (non-hydrogen) atoms. The first-order valence-electron chi connectivity index (χ1n) is 15.5. The molecule has 2 aromatic rings. The third-order valence-corrected chi connectivity index (χ3v) is 10.4. The van der Waals surface area contributed by atoms with Crippen molar-refractivity contribution in [1.82, 2.24) is 5.32 Å². The number of unbranched alkanes of at least 4 members (excludes halogenated alkanes) is 2. The molecule has 0 unspecified atom stereocenters. The maximum Gasteiger partial charge on any atom is 0.333 e. The molecule has 0 saturated carbocycles. The van der Waals surface area contributed by atoms with Crippen LogP contribution in [-0.2, 0) is 9.53 Å². The van der Waals surface area contributed by atoms with Crippen LogP contribution in [0.25, 0.3) is 0 Å². The van der Waals surface area contributed by atoms with E-state index in [9.17, 15) is 18.7 Å². The lowest BCUT2D eigenvalue weighted by atomic mass is 9.79. The third-order valence-electron chi connectivity index (χ3n) is 7.63. The molecule has 0 fully saturated rings. The van der Waals surface area contributed by atoms with Gasteiger partial charge in [0.1, 0.15) is 5.75 Å². The van der Waals surface area contributed by atoms with Crippen molar-refractivity contribution in [2.24, 2.45) is 5.41 Å². The molecule has 0 aromatic heterocycles. The van der Waals surface area contributed by atoms with Crippen molar-refractivity contribution in [1.29, 1.82) is 0 Å². The number of fused-ring (bicyclic) bond motifs is 1. The molecule has 1 aliphatic heterocycles. The van der Waals surface area contributed by atoms with E-state index in [-0.39, 0.29) is 29.2 Å². The van der Waals surface area contributed by atoms with E-state index in [0.29, 0.717) is 28.4 Å². The zero-order chi connectivity index (χ0) is 32.5. The van der Waals surface area contributed by atoms with Crippen LogP contribution in [0, 0.1) is 5.41 Å². The highest BCUT2D eigenvalue weighted by Crippen LogP contribution is 2.62. The summed E-state index contributed by atoms with van der Waals surface area (Å²) < 4.78 is 34.6. The highest BCUT2D eigenvalue weighted by Gasteiger charge is 2.42. The van der Waals surface area contributed by atoms with Crippen molar-refractivity contribution in [2.45, 2.75) is 95.4 Å². The third kappa shape index (κ3) is 9.42. The average Bonchev–Trinajstić information content (AvgIpc) is 3.05. The van der Waals surface area contributed by atoms with Crippen molar-refractivity contribution >= 4 is 45.6 Å².